The van der Waals surface area contributed by atoms with E-state index in [2.05, 4.69) is 4.98 Å². The minimum Gasteiger partial charge on any atom is -0.493 e. The second kappa shape index (κ2) is 5.28. The molecule has 7 nitrogen and oxygen atoms in total. The highest BCUT2D eigenvalue weighted by Crippen LogP contribution is 2.19. The number of carbonyl (C=O) groups is 1. The molecular formula is C14H13N3O4. The lowest BCUT2D eigenvalue weighted by atomic mass is 10.2. The molecule has 2 heterocycles. The lowest BCUT2D eigenvalue weighted by molar-refractivity contribution is 0.147. The molecule has 3 rings (SSSR count). The predicted octanol–water partition coefficient (Wildman–Crippen LogP) is 1.11. The van der Waals surface area contributed by atoms with Gasteiger partial charge in [0.1, 0.15) is 6.61 Å². The van der Waals surface area contributed by atoms with Gasteiger partial charge in [0, 0.05) is 6.54 Å². The smallest absolute Gasteiger partial charge is 0.417 e. The molecule has 1 aliphatic heterocycles. The highest BCUT2D eigenvalue weighted by molar-refractivity contribution is 5.86. The number of benzene rings is 1. The first-order valence-corrected chi connectivity index (χ1v) is 6.44. The Labute approximate surface area is 120 Å². The van der Waals surface area contributed by atoms with Crippen LogP contribution in [0.2, 0.25) is 0 Å². The number of carbonyl (C=O) groups excluding carboxylic acids is 1. The number of hydrogen-bond donors (Lipinski definition) is 1. The highest BCUT2D eigenvalue weighted by atomic mass is 16.6. The zero-order valence-corrected chi connectivity index (χ0v) is 11.1. The van der Waals surface area contributed by atoms with Crippen molar-refractivity contribution < 1.29 is 14.6 Å². The van der Waals surface area contributed by atoms with Crippen molar-refractivity contribution in [3.05, 3.63) is 52.3 Å². The molecular weight excluding hydrogens is 274 g/mol. The Bertz CT molecular complexity index is 727. The third-order valence-electron chi connectivity index (χ3n) is 3.19. The van der Waals surface area contributed by atoms with Crippen molar-refractivity contribution in [2.45, 2.75) is 13.2 Å². The molecule has 0 saturated carbocycles. The van der Waals surface area contributed by atoms with Crippen molar-refractivity contribution in [3.8, 4) is 5.88 Å². The molecule has 0 unspecified atom stereocenters. The minimum absolute atomic E-state index is 0.109. The fraction of sp³-hybridized carbons (Fsp3) is 0.214. The van der Waals surface area contributed by atoms with Crippen LogP contribution in [0.25, 0.3) is 0 Å². The van der Waals surface area contributed by atoms with Gasteiger partial charge in [-0.2, -0.15) is 4.98 Å². The van der Waals surface area contributed by atoms with Crippen LogP contribution in [0, 0.1) is 0 Å². The van der Waals surface area contributed by atoms with Gasteiger partial charge in [-0.15, -0.1) is 0 Å². The van der Waals surface area contributed by atoms with Gasteiger partial charge in [0.25, 0.3) is 5.56 Å². The average Bonchev–Trinajstić information content (AvgIpc) is 2.90. The summed E-state index contributed by atoms with van der Waals surface area (Å²) in [4.78, 5) is 28.8. The van der Waals surface area contributed by atoms with Crippen LogP contribution in [-0.4, -0.2) is 27.3 Å². The van der Waals surface area contributed by atoms with E-state index < -0.39 is 17.5 Å². The van der Waals surface area contributed by atoms with E-state index in [4.69, 9.17) is 4.74 Å². The topological polar surface area (TPSA) is 84.7 Å². The SMILES string of the molecule is O=C(OCc1ccccc1)N1CCn2c1nc(O)cc2=O. The van der Waals surface area contributed by atoms with Gasteiger partial charge in [0.2, 0.25) is 11.8 Å². The molecule has 1 aromatic heterocycles. The number of anilines is 1. The molecule has 2 aromatic rings. The summed E-state index contributed by atoms with van der Waals surface area (Å²) in [5.74, 6) is -0.299. The van der Waals surface area contributed by atoms with E-state index in [1.807, 2.05) is 30.3 Å². The molecule has 21 heavy (non-hydrogen) atoms. The Morgan fingerprint density at radius 1 is 1.29 bits per heavy atom. The van der Waals surface area contributed by atoms with Crippen molar-refractivity contribution in [2.75, 3.05) is 11.4 Å². The lowest BCUT2D eigenvalue weighted by Gasteiger charge is -2.15. The minimum atomic E-state index is -0.595. The Morgan fingerprint density at radius 3 is 2.81 bits per heavy atom. The molecule has 1 aromatic carbocycles. The van der Waals surface area contributed by atoms with E-state index in [-0.39, 0.29) is 12.6 Å². The third-order valence-corrected chi connectivity index (χ3v) is 3.19. The number of ether oxygens (including phenoxy) is 1. The van der Waals surface area contributed by atoms with Gasteiger partial charge in [-0.1, -0.05) is 30.3 Å². The fourth-order valence-corrected chi connectivity index (χ4v) is 2.17. The number of nitrogens with zero attached hydrogens (tertiary/aromatic N) is 3. The molecule has 0 bridgehead atoms. The molecule has 0 spiro atoms. The van der Waals surface area contributed by atoms with Gasteiger partial charge < -0.3 is 9.84 Å². The maximum atomic E-state index is 12.1. The van der Waals surface area contributed by atoms with Crippen LogP contribution in [0.1, 0.15) is 5.56 Å². The molecule has 1 amide bonds. The Morgan fingerprint density at radius 2 is 2.05 bits per heavy atom. The van der Waals surface area contributed by atoms with Gasteiger partial charge in [-0.3, -0.25) is 9.36 Å². The summed E-state index contributed by atoms with van der Waals surface area (Å²) in [5, 5.41) is 9.38. The summed E-state index contributed by atoms with van der Waals surface area (Å²) in [7, 11) is 0. The highest BCUT2D eigenvalue weighted by Gasteiger charge is 2.28. The Hall–Kier alpha value is -2.83. The molecule has 0 atom stereocenters. The molecule has 0 fully saturated rings. The van der Waals surface area contributed by atoms with Crippen LogP contribution in [-0.2, 0) is 17.9 Å². The second-order valence-electron chi connectivity index (χ2n) is 4.60. The molecule has 108 valence electrons. The van der Waals surface area contributed by atoms with Crippen molar-refractivity contribution in [2.24, 2.45) is 0 Å². The van der Waals surface area contributed by atoms with E-state index in [9.17, 15) is 14.7 Å². The number of aromatic nitrogens is 2. The van der Waals surface area contributed by atoms with E-state index in [0.29, 0.717) is 13.1 Å². The van der Waals surface area contributed by atoms with Gasteiger partial charge >= 0.3 is 6.09 Å². The van der Waals surface area contributed by atoms with Crippen LogP contribution >= 0.6 is 0 Å². The molecule has 0 radical (unpaired) electrons. The standard InChI is InChI=1S/C14H13N3O4/c18-11-8-12(19)16-6-7-17(13(16)15-11)14(20)21-9-10-4-2-1-3-5-10/h1-5,8,18H,6-7,9H2. The van der Waals surface area contributed by atoms with E-state index in [1.165, 1.54) is 9.47 Å². The zero-order chi connectivity index (χ0) is 14.8. The normalized spacial score (nSPS) is 13.0. The van der Waals surface area contributed by atoms with Gasteiger partial charge in [0.05, 0.1) is 12.6 Å². The molecule has 1 aliphatic rings. The summed E-state index contributed by atoms with van der Waals surface area (Å²) in [6.45, 7) is 0.764. The first kappa shape index (κ1) is 13.2. The summed E-state index contributed by atoms with van der Waals surface area (Å²) in [6.07, 6.45) is -0.595. The quantitative estimate of drug-likeness (QED) is 0.894. The summed E-state index contributed by atoms with van der Waals surface area (Å²) in [6, 6.07) is 10.3. The Kier molecular flexibility index (Phi) is 3.31. The summed E-state index contributed by atoms with van der Waals surface area (Å²) >= 11 is 0. The number of hydrogen-bond acceptors (Lipinski definition) is 5. The number of amides is 1. The number of fused-ring (bicyclic) bond motifs is 1. The van der Waals surface area contributed by atoms with Gasteiger partial charge in [-0.05, 0) is 5.56 Å². The van der Waals surface area contributed by atoms with Gasteiger partial charge in [0.15, 0.2) is 0 Å². The van der Waals surface area contributed by atoms with E-state index in [0.717, 1.165) is 11.6 Å². The maximum absolute atomic E-state index is 12.1. The fourth-order valence-electron chi connectivity index (χ4n) is 2.17. The molecule has 0 saturated heterocycles. The largest absolute Gasteiger partial charge is 0.493 e. The second-order valence-corrected chi connectivity index (χ2v) is 4.60. The van der Waals surface area contributed by atoms with Crippen LogP contribution in [0.3, 0.4) is 0 Å². The molecule has 7 heteroatoms. The lowest BCUT2D eigenvalue weighted by Crippen LogP contribution is -2.30. The monoisotopic (exact) mass is 287 g/mol. The van der Waals surface area contributed by atoms with Crippen molar-refractivity contribution >= 4 is 12.0 Å². The summed E-state index contributed by atoms with van der Waals surface area (Å²) < 4.78 is 6.52. The molecule has 1 N–H and O–H groups in total. The maximum Gasteiger partial charge on any atom is 0.417 e. The Balaban J connectivity index is 1.75. The van der Waals surface area contributed by atoms with Crippen LogP contribution in [0.5, 0.6) is 5.88 Å². The van der Waals surface area contributed by atoms with Crippen LogP contribution < -0.4 is 10.5 Å². The average molecular weight is 287 g/mol. The van der Waals surface area contributed by atoms with Crippen molar-refractivity contribution in [3.63, 3.8) is 0 Å². The van der Waals surface area contributed by atoms with E-state index in [1.54, 1.807) is 0 Å². The molecule has 0 aliphatic carbocycles. The third kappa shape index (κ3) is 2.58. The van der Waals surface area contributed by atoms with Crippen LogP contribution in [0.4, 0.5) is 10.7 Å². The van der Waals surface area contributed by atoms with Crippen LogP contribution in [0.15, 0.2) is 41.2 Å². The number of rotatable bonds is 2. The summed E-state index contributed by atoms with van der Waals surface area (Å²) in [5.41, 5.74) is 0.474. The first-order valence-electron chi connectivity index (χ1n) is 6.44. The predicted molar refractivity (Wildman–Crippen MR) is 74.1 cm³/mol. The zero-order valence-electron chi connectivity index (χ0n) is 11.1. The first-order chi connectivity index (χ1) is 10.1. The van der Waals surface area contributed by atoms with Gasteiger partial charge in [-0.25, -0.2) is 9.69 Å². The number of aromatic hydroxyl groups is 1. The van der Waals surface area contributed by atoms with E-state index >= 15 is 0 Å². The van der Waals surface area contributed by atoms with Crippen molar-refractivity contribution in [1.29, 1.82) is 0 Å². The van der Waals surface area contributed by atoms with Crippen molar-refractivity contribution in [1.82, 2.24) is 9.55 Å².